The normalized spacial score (nSPS) is 11.6. The molecule has 0 aliphatic heterocycles. The molecule has 0 spiro atoms. The Hall–Kier alpha value is -0.870. The maximum atomic E-state index is 10.9. The number of hydrogen-bond acceptors (Lipinski definition) is 2. The van der Waals surface area contributed by atoms with E-state index in [1.54, 1.807) is 6.07 Å². The van der Waals surface area contributed by atoms with Crippen LogP contribution in [0, 0.1) is 6.92 Å². The van der Waals surface area contributed by atoms with Crippen LogP contribution in [0.1, 0.15) is 24.5 Å². The van der Waals surface area contributed by atoms with Crippen LogP contribution in [0.25, 0.3) is 0 Å². The van der Waals surface area contributed by atoms with Crippen molar-refractivity contribution in [3.05, 3.63) is 29.3 Å². The average Bonchev–Trinajstić information content (AvgIpc) is 2.07. The van der Waals surface area contributed by atoms with E-state index in [2.05, 4.69) is 0 Å². The molecule has 14 heavy (non-hydrogen) atoms. The van der Waals surface area contributed by atoms with E-state index >= 15 is 0 Å². The summed E-state index contributed by atoms with van der Waals surface area (Å²) < 4.78 is 30.6. The number of rotatable bonds is 3. The highest BCUT2D eigenvalue weighted by molar-refractivity contribution is 7.85. The van der Waals surface area contributed by atoms with Crippen LogP contribution < -0.4 is 0 Å². The van der Waals surface area contributed by atoms with E-state index in [0.29, 0.717) is 0 Å². The molecule has 0 radical (unpaired) electrons. The van der Waals surface area contributed by atoms with E-state index in [1.165, 1.54) is 12.1 Å². The molecule has 0 saturated heterocycles. The summed E-state index contributed by atoms with van der Waals surface area (Å²) in [5.41, 5.74) is 2.03. The Balaban J connectivity index is 3.20. The second kappa shape index (κ2) is 4.11. The van der Waals surface area contributed by atoms with Crippen molar-refractivity contribution < 1.29 is 13.0 Å². The zero-order valence-corrected chi connectivity index (χ0v) is 9.13. The number of benzene rings is 1. The van der Waals surface area contributed by atoms with Gasteiger partial charge in [-0.1, -0.05) is 19.4 Å². The first-order valence-electron chi connectivity index (χ1n) is 4.52. The first kappa shape index (κ1) is 11.2. The Labute approximate surface area is 84.5 Å². The van der Waals surface area contributed by atoms with Gasteiger partial charge in [0.05, 0.1) is 4.90 Å². The minimum absolute atomic E-state index is 0.0217. The van der Waals surface area contributed by atoms with E-state index in [-0.39, 0.29) is 4.90 Å². The SMILES string of the molecule is CCCc1cc(S(=O)(=O)O)ccc1C. The molecule has 0 atom stereocenters. The lowest BCUT2D eigenvalue weighted by Crippen LogP contribution is -2.00. The molecule has 0 aliphatic carbocycles. The minimum atomic E-state index is -4.06. The average molecular weight is 214 g/mol. The highest BCUT2D eigenvalue weighted by Crippen LogP contribution is 2.16. The summed E-state index contributed by atoms with van der Waals surface area (Å²) in [7, 11) is -4.06. The van der Waals surface area contributed by atoms with Crippen molar-refractivity contribution in [2.45, 2.75) is 31.6 Å². The fourth-order valence-electron chi connectivity index (χ4n) is 1.35. The van der Waals surface area contributed by atoms with Gasteiger partial charge in [-0.3, -0.25) is 4.55 Å². The van der Waals surface area contributed by atoms with Gasteiger partial charge in [-0.05, 0) is 36.6 Å². The summed E-state index contributed by atoms with van der Waals surface area (Å²) in [4.78, 5) is -0.0217. The van der Waals surface area contributed by atoms with E-state index in [1.807, 2.05) is 13.8 Å². The molecular formula is C10H14O3S. The quantitative estimate of drug-likeness (QED) is 0.785. The second-order valence-corrected chi connectivity index (χ2v) is 4.73. The zero-order chi connectivity index (χ0) is 10.8. The van der Waals surface area contributed by atoms with Crippen molar-refractivity contribution in [1.82, 2.24) is 0 Å². The van der Waals surface area contributed by atoms with Crippen molar-refractivity contribution in [3.63, 3.8) is 0 Å². The molecule has 0 fully saturated rings. The lowest BCUT2D eigenvalue weighted by Gasteiger charge is -2.05. The molecular weight excluding hydrogens is 200 g/mol. The van der Waals surface area contributed by atoms with Gasteiger partial charge in [-0.15, -0.1) is 0 Å². The Kier molecular flexibility index (Phi) is 3.29. The molecule has 0 unspecified atom stereocenters. The van der Waals surface area contributed by atoms with E-state index in [9.17, 15) is 8.42 Å². The molecule has 0 amide bonds. The summed E-state index contributed by atoms with van der Waals surface area (Å²) in [6.45, 7) is 3.96. The smallest absolute Gasteiger partial charge is 0.282 e. The van der Waals surface area contributed by atoms with E-state index in [4.69, 9.17) is 4.55 Å². The highest BCUT2D eigenvalue weighted by atomic mass is 32.2. The van der Waals surface area contributed by atoms with Gasteiger partial charge in [-0.2, -0.15) is 8.42 Å². The molecule has 0 heterocycles. The van der Waals surface area contributed by atoms with Crippen molar-refractivity contribution in [1.29, 1.82) is 0 Å². The van der Waals surface area contributed by atoms with E-state index in [0.717, 1.165) is 24.0 Å². The largest absolute Gasteiger partial charge is 0.294 e. The third kappa shape index (κ3) is 2.56. The number of hydrogen-bond donors (Lipinski definition) is 1. The minimum Gasteiger partial charge on any atom is -0.282 e. The Morgan fingerprint density at radius 1 is 1.36 bits per heavy atom. The summed E-state index contributed by atoms with van der Waals surface area (Å²) in [5.74, 6) is 0. The van der Waals surface area contributed by atoms with Gasteiger partial charge in [0.2, 0.25) is 0 Å². The van der Waals surface area contributed by atoms with E-state index < -0.39 is 10.1 Å². The predicted octanol–water partition coefficient (Wildman–Crippen LogP) is 2.19. The van der Waals surface area contributed by atoms with Gasteiger partial charge >= 0.3 is 0 Å². The maximum Gasteiger partial charge on any atom is 0.294 e. The first-order chi connectivity index (χ1) is 6.45. The topological polar surface area (TPSA) is 54.4 Å². The first-order valence-corrected chi connectivity index (χ1v) is 5.96. The van der Waals surface area contributed by atoms with Gasteiger partial charge in [0.15, 0.2) is 0 Å². The molecule has 1 N–H and O–H groups in total. The Morgan fingerprint density at radius 2 is 2.00 bits per heavy atom. The fraction of sp³-hybridized carbons (Fsp3) is 0.400. The Morgan fingerprint density at radius 3 is 2.50 bits per heavy atom. The zero-order valence-electron chi connectivity index (χ0n) is 8.32. The van der Waals surface area contributed by atoms with Crippen molar-refractivity contribution >= 4 is 10.1 Å². The molecule has 0 bridgehead atoms. The third-order valence-corrected chi connectivity index (χ3v) is 2.99. The van der Waals surface area contributed by atoms with Crippen LogP contribution in [-0.4, -0.2) is 13.0 Å². The van der Waals surface area contributed by atoms with Gasteiger partial charge in [-0.25, -0.2) is 0 Å². The molecule has 1 aromatic carbocycles. The fourth-order valence-corrected chi connectivity index (χ4v) is 1.88. The standard InChI is InChI=1S/C10H14O3S/c1-3-4-9-7-10(14(11,12)13)6-5-8(9)2/h5-7H,3-4H2,1-2H3,(H,11,12,13). The molecule has 1 aromatic rings. The monoisotopic (exact) mass is 214 g/mol. The number of aryl methyl sites for hydroxylation is 2. The second-order valence-electron chi connectivity index (χ2n) is 3.31. The third-order valence-electron chi connectivity index (χ3n) is 2.14. The van der Waals surface area contributed by atoms with Crippen molar-refractivity contribution in [2.24, 2.45) is 0 Å². The van der Waals surface area contributed by atoms with Crippen LogP contribution >= 0.6 is 0 Å². The van der Waals surface area contributed by atoms with Crippen LogP contribution in [0.4, 0.5) is 0 Å². The van der Waals surface area contributed by atoms with Gasteiger partial charge in [0, 0.05) is 0 Å². The lowest BCUT2D eigenvalue weighted by molar-refractivity contribution is 0.483. The van der Waals surface area contributed by atoms with Gasteiger partial charge in [0.25, 0.3) is 10.1 Å². The van der Waals surface area contributed by atoms with Gasteiger partial charge in [0.1, 0.15) is 0 Å². The molecule has 0 saturated carbocycles. The lowest BCUT2D eigenvalue weighted by atomic mass is 10.1. The van der Waals surface area contributed by atoms with Gasteiger partial charge < -0.3 is 0 Å². The summed E-state index contributed by atoms with van der Waals surface area (Å²) in [6.07, 6.45) is 1.78. The molecule has 1 rings (SSSR count). The molecule has 0 aromatic heterocycles. The van der Waals surface area contributed by atoms with Crippen LogP contribution in [0.5, 0.6) is 0 Å². The molecule has 4 heteroatoms. The maximum absolute atomic E-state index is 10.9. The summed E-state index contributed by atoms with van der Waals surface area (Å²) in [5, 5.41) is 0. The van der Waals surface area contributed by atoms with Crippen molar-refractivity contribution in [3.8, 4) is 0 Å². The summed E-state index contributed by atoms with van der Waals surface area (Å²) in [6, 6.07) is 4.67. The Bertz CT molecular complexity index is 421. The van der Waals surface area contributed by atoms with Crippen LogP contribution in [-0.2, 0) is 16.5 Å². The molecule has 78 valence electrons. The van der Waals surface area contributed by atoms with Crippen molar-refractivity contribution in [2.75, 3.05) is 0 Å². The highest BCUT2D eigenvalue weighted by Gasteiger charge is 2.10. The van der Waals surface area contributed by atoms with Crippen LogP contribution in [0.3, 0.4) is 0 Å². The molecule has 0 aliphatic rings. The predicted molar refractivity (Wildman–Crippen MR) is 55.0 cm³/mol. The summed E-state index contributed by atoms with van der Waals surface area (Å²) >= 11 is 0. The molecule has 3 nitrogen and oxygen atoms in total. The van der Waals surface area contributed by atoms with Crippen LogP contribution in [0.2, 0.25) is 0 Å². The van der Waals surface area contributed by atoms with Crippen LogP contribution in [0.15, 0.2) is 23.1 Å².